The summed E-state index contributed by atoms with van der Waals surface area (Å²) in [4.78, 5) is 18.3. The molecule has 7 heteroatoms. The molecule has 1 aliphatic heterocycles. The first-order valence-corrected chi connectivity index (χ1v) is 9.86. The Morgan fingerprint density at radius 3 is 2.90 bits per heavy atom. The van der Waals surface area contributed by atoms with Crippen molar-refractivity contribution in [2.45, 2.75) is 19.4 Å². The summed E-state index contributed by atoms with van der Waals surface area (Å²) in [6.07, 6.45) is 2.72. The molecule has 1 atom stereocenters. The number of methoxy groups -OCH3 is 1. The zero-order valence-corrected chi connectivity index (χ0v) is 16.8. The smallest absolute Gasteiger partial charge is 0.275 e. The number of aromatic nitrogens is 3. The molecule has 3 N–H and O–H groups in total. The first-order valence-electron chi connectivity index (χ1n) is 9.86. The number of carbonyl (C=O) groups is 1. The maximum Gasteiger partial charge on any atom is 0.275 e. The van der Waals surface area contributed by atoms with E-state index in [9.17, 15) is 9.90 Å². The number of amides is 1. The van der Waals surface area contributed by atoms with Crippen molar-refractivity contribution in [3.05, 3.63) is 76.7 Å². The van der Waals surface area contributed by atoms with Gasteiger partial charge in [-0.1, -0.05) is 24.3 Å². The van der Waals surface area contributed by atoms with Crippen molar-refractivity contribution in [2.75, 3.05) is 13.7 Å². The van der Waals surface area contributed by atoms with Gasteiger partial charge in [-0.25, -0.2) is 0 Å². The zero-order chi connectivity index (χ0) is 20.8. The highest BCUT2D eigenvalue weighted by atomic mass is 16.5. The molecule has 4 aromatic rings. The number of nitrogens with zero attached hydrogens (tertiary/aromatic N) is 2. The van der Waals surface area contributed by atoms with E-state index < -0.39 is 0 Å². The molecule has 2 aromatic heterocycles. The summed E-state index contributed by atoms with van der Waals surface area (Å²) in [5.74, 6) is 0.359. The normalized spacial score (nSPS) is 15.7. The Labute approximate surface area is 173 Å². The molecule has 0 spiro atoms. The molecular weight excluding hydrogens is 380 g/mol. The number of hydrogen-bond donors (Lipinski definition) is 3. The molecule has 2 aromatic carbocycles. The second kappa shape index (κ2) is 6.95. The third-order valence-electron chi connectivity index (χ3n) is 5.86. The molecule has 0 saturated carbocycles. The van der Waals surface area contributed by atoms with Gasteiger partial charge in [0.2, 0.25) is 0 Å². The van der Waals surface area contributed by atoms with Gasteiger partial charge in [-0.15, -0.1) is 0 Å². The van der Waals surface area contributed by atoms with Crippen LogP contribution in [0.15, 0.2) is 48.7 Å². The number of aryl methyl sites for hydroxylation is 1. The summed E-state index contributed by atoms with van der Waals surface area (Å²) >= 11 is 0. The summed E-state index contributed by atoms with van der Waals surface area (Å²) in [6, 6.07) is 13.1. The minimum atomic E-state index is -0.286. The molecule has 3 heterocycles. The number of H-pyrrole nitrogens is 2. The maximum absolute atomic E-state index is 13.2. The van der Waals surface area contributed by atoms with Crippen molar-refractivity contribution in [2.24, 2.45) is 0 Å². The van der Waals surface area contributed by atoms with E-state index in [1.54, 1.807) is 12.1 Å². The molecular formula is C23H22N4O3. The second-order valence-corrected chi connectivity index (χ2v) is 7.55. The third kappa shape index (κ3) is 2.74. The lowest BCUT2D eigenvalue weighted by molar-refractivity contribution is 0.0745. The summed E-state index contributed by atoms with van der Waals surface area (Å²) < 4.78 is 5.29. The van der Waals surface area contributed by atoms with E-state index in [1.165, 1.54) is 18.1 Å². The Bertz CT molecular complexity index is 1260. The van der Waals surface area contributed by atoms with Crippen LogP contribution in [0.5, 0.6) is 11.5 Å². The lowest BCUT2D eigenvalue weighted by Crippen LogP contribution is -2.31. The van der Waals surface area contributed by atoms with Crippen LogP contribution >= 0.6 is 0 Å². The molecule has 0 aliphatic carbocycles. The number of nitrogens with one attached hydrogen (secondary N) is 2. The Morgan fingerprint density at radius 2 is 2.07 bits per heavy atom. The SMILES string of the molecule is COc1cc(C2c3c(n[nH]c3C)C(=O)N2CCc2c[nH]c3ccccc23)ccc1O. The van der Waals surface area contributed by atoms with Gasteiger partial charge in [-0.05, 0) is 42.7 Å². The number of para-hydroxylation sites is 1. The van der Waals surface area contributed by atoms with Crippen LogP contribution in [0.2, 0.25) is 0 Å². The molecule has 30 heavy (non-hydrogen) atoms. The number of aromatic amines is 2. The van der Waals surface area contributed by atoms with Gasteiger partial charge in [0.15, 0.2) is 17.2 Å². The van der Waals surface area contributed by atoms with E-state index in [-0.39, 0.29) is 17.7 Å². The van der Waals surface area contributed by atoms with Crippen molar-refractivity contribution in [1.82, 2.24) is 20.1 Å². The molecule has 0 bridgehead atoms. The molecule has 0 radical (unpaired) electrons. The second-order valence-electron chi connectivity index (χ2n) is 7.55. The van der Waals surface area contributed by atoms with Crippen molar-refractivity contribution >= 4 is 16.8 Å². The molecule has 1 unspecified atom stereocenters. The van der Waals surface area contributed by atoms with Gasteiger partial charge in [-0.2, -0.15) is 5.10 Å². The number of hydrogen-bond acceptors (Lipinski definition) is 4. The predicted octanol–water partition coefficient (Wildman–Crippen LogP) is 3.70. The molecule has 7 nitrogen and oxygen atoms in total. The minimum absolute atomic E-state index is 0.0695. The van der Waals surface area contributed by atoms with Gasteiger partial charge in [0.25, 0.3) is 5.91 Å². The molecule has 1 aliphatic rings. The van der Waals surface area contributed by atoms with E-state index in [4.69, 9.17) is 4.74 Å². The van der Waals surface area contributed by atoms with Crippen molar-refractivity contribution < 1.29 is 14.6 Å². The van der Waals surface area contributed by atoms with E-state index in [0.717, 1.165) is 22.3 Å². The lowest BCUT2D eigenvalue weighted by atomic mass is 9.98. The van der Waals surface area contributed by atoms with E-state index in [1.807, 2.05) is 42.3 Å². The summed E-state index contributed by atoms with van der Waals surface area (Å²) in [6.45, 7) is 2.47. The van der Waals surface area contributed by atoms with Crippen LogP contribution in [0.25, 0.3) is 10.9 Å². The highest BCUT2D eigenvalue weighted by Crippen LogP contribution is 2.41. The average molecular weight is 402 g/mol. The Morgan fingerprint density at radius 1 is 1.23 bits per heavy atom. The largest absolute Gasteiger partial charge is 0.504 e. The fourth-order valence-corrected chi connectivity index (χ4v) is 4.37. The van der Waals surface area contributed by atoms with Crippen LogP contribution in [0.3, 0.4) is 0 Å². The van der Waals surface area contributed by atoms with Gasteiger partial charge in [0.05, 0.1) is 13.2 Å². The first kappa shape index (κ1) is 18.3. The quantitative estimate of drug-likeness (QED) is 0.474. The number of ether oxygens (including phenoxy) is 1. The Kier molecular flexibility index (Phi) is 4.24. The van der Waals surface area contributed by atoms with Crippen LogP contribution in [0, 0.1) is 6.92 Å². The molecule has 5 rings (SSSR count). The van der Waals surface area contributed by atoms with Crippen LogP contribution in [-0.4, -0.2) is 44.7 Å². The molecule has 0 fully saturated rings. The Balaban J connectivity index is 1.52. The number of phenolic OH excluding ortho intramolecular Hbond substituents is 1. The average Bonchev–Trinajstić information content (AvgIpc) is 3.42. The van der Waals surface area contributed by atoms with E-state index in [0.29, 0.717) is 24.4 Å². The van der Waals surface area contributed by atoms with Crippen LogP contribution in [-0.2, 0) is 6.42 Å². The highest BCUT2D eigenvalue weighted by Gasteiger charge is 2.41. The van der Waals surface area contributed by atoms with Gasteiger partial charge >= 0.3 is 0 Å². The summed E-state index contributed by atoms with van der Waals surface area (Å²) in [5.41, 5.74) is 5.34. The fraction of sp³-hybridized carbons (Fsp3) is 0.217. The number of phenols is 1. The molecule has 1 amide bonds. The number of rotatable bonds is 5. The fourth-order valence-electron chi connectivity index (χ4n) is 4.37. The predicted molar refractivity (Wildman–Crippen MR) is 113 cm³/mol. The standard InChI is InChI=1S/C23H22N4O3/c1-13-20-21(26-25-13)23(29)27(22(20)14-7-8-18(28)19(11-14)30-2)10-9-15-12-24-17-6-4-3-5-16(15)17/h3-8,11-12,22,24,28H,9-10H2,1-2H3,(H,25,26). The minimum Gasteiger partial charge on any atom is -0.504 e. The molecule has 152 valence electrons. The van der Waals surface area contributed by atoms with Crippen molar-refractivity contribution in [3.8, 4) is 11.5 Å². The highest BCUT2D eigenvalue weighted by molar-refractivity contribution is 5.98. The number of carbonyl (C=O) groups excluding carboxylic acids is 1. The van der Waals surface area contributed by atoms with Crippen LogP contribution < -0.4 is 4.74 Å². The van der Waals surface area contributed by atoms with Crippen molar-refractivity contribution in [3.63, 3.8) is 0 Å². The summed E-state index contributed by atoms with van der Waals surface area (Å²) in [5, 5.41) is 18.4. The first-order chi connectivity index (χ1) is 14.6. The van der Waals surface area contributed by atoms with Gasteiger partial charge < -0.3 is 19.7 Å². The van der Waals surface area contributed by atoms with Gasteiger partial charge in [0.1, 0.15) is 0 Å². The van der Waals surface area contributed by atoms with Gasteiger partial charge in [-0.3, -0.25) is 9.89 Å². The Hall–Kier alpha value is -3.74. The topological polar surface area (TPSA) is 94.2 Å². The van der Waals surface area contributed by atoms with Gasteiger partial charge in [0, 0.05) is 34.9 Å². The molecule has 0 saturated heterocycles. The summed E-state index contributed by atoms with van der Waals surface area (Å²) in [7, 11) is 1.52. The van der Waals surface area contributed by atoms with E-state index in [2.05, 4.69) is 21.2 Å². The number of fused-ring (bicyclic) bond motifs is 2. The number of benzene rings is 2. The van der Waals surface area contributed by atoms with E-state index >= 15 is 0 Å². The zero-order valence-electron chi connectivity index (χ0n) is 16.8. The maximum atomic E-state index is 13.2. The van der Waals surface area contributed by atoms with Crippen LogP contribution in [0.1, 0.15) is 38.9 Å². The third-order valence-corrected chi connectivity index (χ3v) is 5.86. The van der Waals surface area contributed by atoms with Crippen molar-refractivity contribution in [1.29, 1.82) is 0 Å². The monoisotopic (exact) mass is 402 g/mol. The number of aromatic hydroxyl groups is 1. The lowest BCUT2D eigenvalue weighted by Gasteiger charge is -2.26. The van der Waals surface area contributed by atoms with Crippen LogP contribution in [0.4, 0.5) is 0 Å².